The first kappa shape index (κ1) is 21.5. The number of aromatic nitrogens is 3. The van der Waals surface area contributed by atoms with E-state index in [1.165, 1.54) is 0 Å². The van der Waals surface area contributed by atoms with Crippen LogP contribution in [0.4, 0.5) is 5.82 Å². The predicted octanol–water partition coefficient (Wildman–Crippen LogP) is 5.57. The second-order valence-corrected chi connectivity index (χ2v) is 9.75. The minimum atomic E-state index is -0.0309. The smallest absolute Gasteiger partial charge is 0.155 e. The van der Waals surface area contributed by atoms with Crippen molar-refractivity contribution >= 4 is 35.6 Å². The third-order valence-electron chi connectivity index (χ3n) is 6.09. The molecule has 0 bridgehead atoms. The number of hydrogen-bond donors (Lipinski definition) is 1. The molecule has 7 heteroatoms. The standard InChI is InChI=1S/C23H29ClN4OS/c1-15-6-5-7-18(20(15)24)21-16(2)26-22(19-8-11-25-28(19)21)27-12-9-23(4,10-13-27)14-29-17(3)30/h5-8,11,17,30H,9-10,12-14H2,1-4H3/t17-/m1/s1. The summed E-state index contributed by atoms with van der Waals surface area (Å²) in [6.45, 7) is 11.0. The molecule has 0 aliphatic carbocycles. The molecule has 1 atom stereocenters. The second-order valence-electron chi connectivity index (χ2n) is 8.64. The van der Waals surface area contributed by atoms with Crippen LogP contribution >= 0.6 is 24.2 Å². The average molecular weight is 445 g/mol. The zero-order valence-electron chi connectivity index (χ0n) is 18.0. The van der Waals surface area contributed by atoms with Crippen molar-refractivity contribution in [3.63, 3.8) is 0 Å². The molecule has 0 amide bonds. The van der Waals surface area contributed by atoms with Crippen LogP contribution in [-0.2, 0) is 4.74 Å². The zero-order valence-corrected chi connectivity index (χ0v) is 19.7. The van der Waals surface area contributed by atoms with E-state index in [0.29, 0.717) is 0 Å². The topological polar surface area (TPSA) is 42.7 Å². The highest BCUT2D eigenvalue weighted by molar-refractivity contribution is 7.80. The fourth-order valence-electron chi connectivity index (χ4n) is 4.17. The molecule has 160 valence electrons. The SMILES string of the molecule is Cc1cccc(-c2c(C)nc(N3CCC(C)(CO[C@@H](C)S)CC3)c3ccnn23)c1Cl. The van der Waals surface area contributed by atoms with Gasteiger partial charge in [0.05, 0.1) is 34.7 Å². The monoisotopic (exact) mass is 444 g/mol. The van der Waals surface area contributed by atoms with Crippen molar-refractivity contribution in [3.05, 3.63) is 46.7 Å². The Bertz CT molecular complexity index is 1060. The quantitative estimate of drug-likeness (QED) is 0.413. The molecular weight excluding hydrogens is 416 g/mol. The Balaban J connectivity index is 1.67. The van der Waals surface area contributed by atoms with Crippen LogP contribution in [0.2, 0.25) is 5.02 Å². The number of fused-ring (bicyclic) bond motifs is 1. The second kappa shape index (κ2) is 8.40. The summed E-state index contributed by atoms with van der Waals surface area (Å²) < 4.78 is 7.78. The maximum absolute atomic E-state index is 6.64. The molecule has 0 saturated carbocycles. The van der Waals surface area contributed by atoms with E-state index in [1.807, 2.05) is 55.7 Å². The molecule has 3 heterocycles. The maximum Gasteiger partial charge on any atom is 0.155 e. The van der Waals surface area contributed by atoms with Gasteiger partial charge >= 0.3 is 0 Å². The molecule has 0 spiro atoms. The fraction of sp³-hybridized carbons (Fsp3) is 0.478. The zero-order chi connectivity index (χ0) is 21.5. The Labute approximate surface area is 188 Å². The van der Waals surface area contributed by atoms with E-state index in [1.54, 1.807) is 0 Å². The highest BCUT2D eigenvalue weighted by atomic mass is 35.5. The van der Waals surface area contributed by atoms with Gasteiger partial charge in [-0.05, 0) is 50.7 Å². The Kier molecular flexibility index (Phi) is 6.02. The van der Waals surface area contributed by atoms with Crippen LogP contribution in [0.25, 0.3) is 16.8 Å². The lowest BCUT2D eigenvalue weighted by Crippen LogP contribution is -2.41. The normalized spacial score (nSPS) is 17.5. The number of ether oxygens (including phenoxy) is 1. The van der Waals surface area contributed by atoms with Crippen LogP contribution in [0.5, 0.6) is 0 Å². The fourth-order valence-corrected chi connectivity index (χ4v) is 4.46. The summed E-state index contributed by atoms with van der Waals surface area (Å²) in [5.74, 6) is 0.989. The number of halogens is 1. The van der Waals surface area contributed by atoms with Gasteiger partial charge in [0.25, 0.3) is 0 Å². The summed E-state index contributed by atoms with van der Waals surface area (Å²) in [5, 5.41) is 5.37. The molecule has 2 aromatic heterocycles. The summed E-state index contributed by atoms with van der Waals surface area (Å²) in [4.78, 5) is 7.40. The summed E-state index contributed by atoms with van der Waals surface area (Å²) in [6, 6.07) is 8.12. The number of hydrogen-bond acceptors (Lipinski definition) is 5. The molecule has 5 nitrogen and oxygen atoms in total. The Morgan fingerprint density at radius 2 is 1.97 bits per heavy atom. The van der Waals surface area contributed by atoms with Crippen LogP contribution in [0, 0.1) is 19.3 Å². The molecule has 0 unspecified atom stereocenters. The van der Waals surface area contributed by atoms with Crippen molar-refractivity contribution < 1.29 is 4.74 Å². The number of benzene rings is 1. The first-order chi connectivity index (χ1) is 14.3. The molecule has 1 aliphatic heterocycles. The number of aryl methyl sites for hydroxylation is 2. The largest absolute Gasteiger partial charge is 0.368 e. The number of anilines is 1. The molecule has 0 radical (unpaired) electrons. The van der Waals surface area contributed by atoms with Gasteiger partial charge in [0.15, 0.2) is 5.82 Å². The van der Waals surface area contributed by atoms with E-state index in [9.17, 15) is 0 Å². The lowest BCUT2D eigenvalue weighted by Gasteiger charge is -2.40. The van der Waals surface area contributed by atoms with Crippen molar-refractivity contribution in [2.24, 2.45) is 5.41 Å². The average Bonchev–Trinajstić information content (AvgIpc) is 3.19. The van der Waals surface area contributed by atoms with Crippen molar-refractivity contribution in [2.45, 2.75) is 46.0 Å². The third-order valence-corrected chi connectivity index (χ3v) is 6.74. The molecule has 30 heavy (non-hydrogen) atoms. The van der Waals surface area contributed by atoms with Gasteiger partial charge in [-0.3, -0.25) is 0 Å². The number of piperidine rings is 1. The van der Waals surface area contributed by atoms with Crippen LogP contribution in [-0.4, -0.2) is 39.7 Å². The van der Waals surface area contributed by atoms with Gasteiger partial charge in [-0.25, -0.2) is 9.50 Å². The van der Waals surface area contributed by atoms with Crippen LogP contribution < -0.4 is 4.90 Å². The molecule has 1 aromatic carbocycles. The molecule has 1 aliphatic rings. The van der Waals surface area contributed by atoms with Crippen LogP contribution in [0.15, 0.2) is 30.5 Å². The molecular formula is C23H29ClN4OS. The van der Waals surface area contributed by atoms with Gasteiger partial charge in [0.1, 0.15) is 5.52 Å². The van der Waals surface area contributed by atoms with Gasteiger partial charge in [0.2, 0.25) is 0 Å². The first-order valence-corrected chi connectivity index (χ1v) is 11.3. The van der Waals surface area contributed by atoms with Gasteiger partial charge in [-0.2, -0.15) is 5.10 Å². The summed E-state index contributed by atoms with van der Waals surface area (Å²) in [5.41, 5.74) is 5.04. The lowest BCUT2D eigenvalue weighted by atomic mass is 9.81. The molecule has 0 N–H and O–H groups in total. The van der Waals surface area contributed by atoms with Crippen molar-refractivity contribution in [3.8, 4) is 11.3 Å². The maximum atomic E-state index is 6.64. The highest BCUT2D eigenvalue weighted by Crippen LogP contribution is 2.37. The number of rotatable bonds is 5. The predicted molar refractivity (Wildman–Crippen MR) is 127 cm³/mol. The van der Waals surface area contributed by atoms with E-state index in [-0.39, 0.29) is 10.9 Å². The Morgan fingerprint density at radius 3 is 2.67 bits per heavy atom. The summed E-state index contributed by atoms with van der Waals surface area (Å²) in [6.07, 6.45) is 3.95. The van der Waals surface area contributed by atoms with Gasteiger partial charge in [0, 0.05) is 18.7 Å². The lowest BCUT2D eigenvalue weighted by molar-refractivity contribution is 0.0326. The van der Waals surface area contributed by atoms with E-state index in [0.717, 1.165) is 71.4 Å². The van der Waals surface area contributed by atoms with Crippen molar-refractivity contribution in [1.82, 2.24) is 14.6 Å². The highest BCUT2D eigenvalue weighted by Gasteiger charge is 2.32. The van der Waals surface area contributed by atoms with Crippen LogP contribution in [0.1, 0.15) is 37.9 Å². The Morgan fingerprint density at radius 1 is 1.23 bits per heavy atom. The van der Waals surface area contributed by atoms with Gasteiger partial charge < -0.3 is 9.64 Å². The van der Waals surface area contributed by atoms with Crippen LogP contribution in [0.3, 0.4) is 0 Å². The summed E-state index contributed by atoms with van der Waals surface area (Å²) >= 11 is 11.0. The summed E-state index contributed by atoms with van der Waals surface area (Å²) in [7, 11) is 0. The van der Waals surface area contributed by atoms with E-state index in [2.05, 4.69) is 29.6 Å². The number of nitrogens with zero attached hydrogens (tertiary/aromatic N) is 4. The first-order valence-electron chi connectivity index (χ1n) is 10.4. The minimum absolute atomic E-state index is 0.0309. The number of thiol groups is 1. The van der Waals surface area contributed by atoms with Crippen molar-refractivity contribution in [1.29, 1.82) is 0 Å². The molecule has 1 saturated heterocycles. The van der Waals surface area contributed by atoms with E-state index < -0.39 is 0 Å². The van der Waals surface area contributed by atoms with Crippen molar-refractivity contribution in [2.75, 3.05) is 24.6 Å². The molecule has 3 aromatic rings. The van der Waals surface area contributed by atoms with Gasteiger partial charge in [-0.15, -0.1) is 12.6 Å². The van der Waals surface area contributed by atoms with Gasteiger partial charge in [-0.1, -0.05) is 36.7 Å². The van der Waals surface area contributed by atoms with E-state index >= 15 is 0 Å². The Hall–Kier alpha value is -1.76. The molecule has 1 fully saturated rings. The molecule has 4 rings (SSSR count). The minimum Gasteiger partial charge on any atom is -0.368 e. The van der Waals surface area contributed by atoms with E-state index in [4.69, 9.17) is 21.3 Å². The third kappa shape index (κ3) is 4.05.